The predicted octanol–water partition coefficient (Wildman–Crippen LogP) is 0.543. The molecule has 5 heteroatoms. The number of nitrogens with zero attached hydrogens (tertiary/aromatic N) is 1. The Hall–Kier alpha value is -1.75. The van der Waals surface area contributed by atoms with E-state index in [0.29, 0.717) is 5.75 Å². The lowest BCUT2D eigenvalue weighted by Crippen LogP contribution is -2.41. The van der Waals surface area contributed by atoms with Gasteiger partial charge in [0.2, 0.25) is 0 Å². The Balaban J connectivity index is 2.79. The van der Waals surface area contributed by atoms with Crippen molar-refractivity contribution in [3.05, 3.63) is 24.3 Å². The summed E-state index contributed by atoms with van der Waals surface area (Å²) in [6, 6.07) is 6.48. The van der Waals surface area contributed by atoms with E-state index in [-0.39, 0.29) is 6.54 Å². The fourth-order valence-corrected chi connectivity index (χ4v) is 1.42. The summed E-state index contributed by atoms with van der Waals surface area (Å²) < 4.78 is 5.18. The summed E-state index contributed by atoms with van der Waals surface area (Å²) >= 11 is 0. The molecule has 1 aromatic rings. The molecule has 0 aliphatic carbocycles. The molecule has 0 heterocycles. The third kappa shape index (κ3) is 2.87. The highest BCUT2D eigenvalue weighted by Gasteiger charge is 2.16. The van der Waals surface area contributed by atoms with E-state index in [1.807, 2.05) is 24.3 Å². The molecule has 3 N–H and O–H groups in total. The Morgan fingerprint density at radius 2 is 2.19 bits per heavy atom. The van der Waals surface area contributed by atoms with E-state index >= 15 is 0 Å². The molecule has 1 rings (SSSR count). The zero-order valence-corrected chi connectivity index (χ0v) is 9.38. The van der Waals surface area contributed by atoms with Crippen molar-refractivity contribution in [3.63, 3.8) is 0 Å². The maximum Gasteiger partial charge on any atom is 0.322 e. The zero-order valence-electron chi connectivity index (χ0n) is 9.38. The summed E-state index contributed by atoms with van der Waals surface area (Å²) in [7, 11) is 3.35. The minimum Gasteiger partial charge on any atom is -0.495 e. The number of carboxylic acid groups (broad SMARTS) is 1. The number of hydrogen-bond donors (Lipinski definition) is 2. The molecule has 0 bridgehead atoms. The molecule has 1 unspecified atom stereocenters. The molecule has 5 nitrogen and oxygen atoms in total. The monoisotopic (exact) mass is 224 g/mol. The van der Waals surface area contributed by atoms with Gasteiger partial charge in [0.25, 0.3) is 0 Å². The topological polar surface area (TPSA) is 75.8 Å². The van der Waals surface area contributed by atoms with Crippen LogP contribution in [-0.4, -0.2) is 37.8 Å². The summed E-state index contributed by atoms with van der Waals surface area (Å²) in [5.41, 5.74) is 6.29. The highest BCUT2D eigenvalue weighted by Crippen LogP contribution is 2.26. The lowest BCUT2D eigenvalue weighted by atomic mass is 10.2. The molecule has 0 saturated carbocycles. The first-order valence-corrected chi connectivity index (χ1v) is 4.88. The van der Waals surface area contributed by atoms with E-state index in [2.05, 4.69) is 0 Å². The SMILES string of the molecule is COc1ccccc1N(C)CC(N)C(=O)O. The van der Waals surface area contributed by atoms with Gasteiger partial charge in [0, 0.05) is 13.6 Å². The van der Waals surface area contributed by atoms with Crippen LogP contribution in [0.3, 0.4) is 0 Å². The van der Waals surface area contributed by atoms with Crippen molar-refractivity contribution in [2.24, 2.45) is 5.73 Å². The fraction of sp³-hybridized carbons (Fsp3) is 0.364. The first kappa shape index (κ1) is 12.3. The molecule has 0 saturated heterocycles. The summed E-state index contributed by atoms with van der Waals surface area (Å²) in [6.45, 7) is 0.232. The standard InChI is InChI=1S/C11H16N2O3/c1-13(7-8(12)11(14)15)9-5-3-4-6-10(9)16-2/h3-6,8H,7,12H2,1-2H3,(H,14,15). The van der Waals surface area contributed by atoms with Crippen molar-refractivity contribution >= 4 is 11.7 Å². The zero-order chi connectivity index (χ0) is 12.1. The van der Waals surface area contributed by atoms with Crippen LogP contribution in [0.2, 0.25) is 0 Å². The molecular weight excluding hydrogens is 208 g/mol. The number of hydrogen-bond acceptors (Lipinski definition) is 4. The summed E-state index contributed by atoms with van der Waals surface area (Å²) in [5.74, 6) is -0.315. The van der Waals surface area contributed by atoms with Crippen LogP contribution in [0.1, 0.15) is 0 Å². The normalized spacial score (nSPS) is 11.9. The molecule has 1 atom stereocenters. The summed E-state index contributed by atoms with van der Waals surface area (Å²) in [5, 5.41) is 8.72. The second-order valence-electron chi connectivity index (χ2n) is 3.50. The van der Waals surface area contributed by atoms with Gasteiger partial charge in [-0.05, 0) is 12.1 Å². The minimum absolute atomic E-state index is 0.232. The van der Waals surface area contributed by atoms with E-state index in [4.69, 9.17) is 15.6 Å². The molecule has 0 amide bonds. The molecule has 88 valence electrons. The maximum absolute atomic E-state index is 10.6. The minimum atomic E-state index is -1.01. The van der Waals surface area contributed by atoms with E-state index in [9.17, 15) is 4.79 Å². The predicted molar refractivity (Wildman–Crippen MR) is 61.9 cm³/mol. The van der Waals surface area contributed by atoms with Crippen LogP contribution in [0.15, 0.2) is 24.3 Å². The van der Waals surface area contributed by atoms with Crippen molar-refractivity contribution in [3.8, 4) is 5.75 Å². The van der Waals surface area contributed by atoms with Crippen molar-refractivity contribution < 1.29 is 14.6 Å². The van der Waals surface area contributed by atoms with E-state index < -0.39 is 12.0 Å². The number of likely N-dealkylation sites (N-methyl/N-ethyl adjacent to an activating group) is 1. The van der Waals surface area contributed by atoms with E-state index in [1.54, 1.807) is 19.1 Å². The van der Waals surface area contributed by atoms with Crippen molar-refractivity contribution in [2.75, 3.05) is 25.6 Å². The first-order chi connectivity index (χ1) is 7.56. The number of carboxylic acids is 1. The Kier molecular flexibility index (Phi) is 4.13. The second-order valence-corrected chi connectivity index (χ2v) is 3.50. The van der Waals surface area contributed by atoms with Crippen LogP contribution < -0.4 is 15.4 Å². The summed E-state index contributed by atoms with van der Waals surface area (Å²) in [4.78, 5) is 12.4. The van der Waals surface area contributed by atoms with E-state index in [1.165, 1.54) is 0 Å². The molecule has 0 aromatic heterocycles. The van der Waals surface area contributed by atoms with Gasteiger partial charge in [-0.15, -0.1) is 0 Å². The van der Waals surface area contributed by atoms with Gasteiger partial charge in [-0.3, -0.25) is 4.79 Å². The number of carbonyl (C=O) groups is 1. The maximum atomic E-state index is 10.6. The largest absolute Gasteiger partial charge is 0.495 e. The Morgan fingerprint density at radius 1 is 1.56 bits per heavy atom. The molecular formula is C11H16N2O3. The van der Waals surface area contributed by atoms with Crippen LogP contribution in [0.5, 0.6) is 5.75 Å². The average Bonchev–Trinajstić information content (AvgIpc) is 2.28. The van der Waals surface area contributed by atoms with Crippen molar-refractivity contribution in [2.45, 2.75) is 6.04 Å². The van der Waals surface area contributed by atoms with Gasteiger partial charge in [0.1, 0.15) is 11.8 Å². The second kappa shape index (κ2) is 5.37. The smallest absolute Gasteiger partial charge is 0.322 e. The van der Waals surface area contributed by atoms with Gasteiger partial charge in [0.05, 0.1) is 12.8 Å². The number of nitrogens with two attached hydrogens (primary N) is 1. The van der Waals surface area contributed by atoms with Gasteiger partial charge in [-0.1, -0.05) is 12.1 Å². The number of anilines is 1. The average molecular weight is 224 g/mol. The van der Waals surface area contributed by atoms with Gasteiger partial charge >= 0.3 is 5.97 Å². The van der Waals surface area contributed by atoms with Crippen LogP contribution in [0.25, 0.3) is 0 Å². The number of ether oxygens (including phenoxy) is 1. The third-order valence-corrected chi connectivity index (χ3v) is 2.28. The van der Waals surface area contributed by atoms with Gasteiger partial charge < -0.3 is 20.5 Å². The quantitative estimate of drug-likeness (QED) is 0.763. The Bertz CT molecular complexity index is 368. The molecule has 1 aromatic carbocycles. The van der Waals surface area contributed by atoms with Gasteiger partial charge in [0.15, 0.2) is 0 Å². The molecule has 0 spiro atoms. The number of methoxy groups -OCH3 is 1. The lowest BCUT2D eigenvalue weighted by Gasteiger charge is -2.23. The highest BCUT2D eigenvalue weighted by molar-refractivity contribution is 5.74. The number of para-hydroxylation sites is 2. The summed E-state index contributed by atoms with van der Waals surface area (Å²) in [6.07, 6.45) is 0. The van der Waals surface area contributed by atoms with Crippen molar-refractivity contribution in [1.29, 1.82) is 0 Å². The molecule has 16 heavy (non-hydrogen) atoms. The number of benzene rings is 1. The van der Waals surface area contributed by atoms with Crippen LogP contribution in [0.4, 0.5) is 5.69 Å². The highest BCUT2D eigenvalue weighted by atomic mass is 16.5. The van der Waals surface area contributed by atoms with Crippen LogP contribution in [0, 0.1) is 0 Å². The Labute approximate surface area is 94.4 Å². The third-order valence-electron chi connectivity index (χ3n) is 2.28. The number of aliphatic carboxylic acids is 1. The molecule has 0 aliphatic heterocycles. The van der Waals surface area contributed by atoms with Crippen molar-refractivity contribution in [1.82, 2.24) is 0 Å². The van der Waals surface area contributed by atoms with Gasteiger partial charge in [-0.25, -0.2) is 0 Å². The molecule has 0 radical (unpaired) electrons. The Morgan fingerprint density at radius 3 is 2.75 bits per heavy atom. The molecule has 0 fully saturated rings. The van der Waals surface area contributed by atoms with Crippen LogP contribution >= 0.6 is 0 Å². The first-order valence-electron chi connectivity index (χ1n) is 4.88. The van der Waals surface area contributed by atoms with Gasteiger partial charge in [-0.2, -0.15) is 0 Å². The fourth-order valence-electron chi connectivity index (χ4n) is 1.42. The molecule has 0 aliphatic rings. The lowest BCUT2D eigenvalue weighted by molar-refractivity contribution is -0.138. The number of rotatable bonds is 5. The van der Waals surface area contributed by atoms with Crippen LogP contribution in [-0.2, 0) is 4.79 Å². The van der Waals surface area contributed by atoms with E-state index in [0.717, 1.165) is 5.69 Å².